The number of thiophene rings is 1. The number of Topliss-reactive ketones (excluding diaryl/α,β-unsaturated/α-hetero) is 1. The summed E-state index contributed by atoms with van der Waals surface area (Å²) in [5.74, 6) is 0.379. The van der Waals surface area contributed by atoms with Crippen molar-refractivity contribution in [1.29, 1.82) is 0 Å². The highest BCUT2D eigenvalue weighted by atomic mass is 32.1. The standard InChI is InChI=1S/C21H19N3O2S/c1-14-10-18(15(2)24(14)11-16-6-5-9-27-16)20(25)12-26-21-17-7-3-4-8-19(17)22-13-23-21/h3-10,13H,11-12H2,1-2H3. The first-order valence-electron chi connectivity index (χ1n) is 8.68. The lowest BCUT2D eigenvalue weighted by Crippen LogP contribution is -2.14. The fourth-order valence-corrected chi connectivity index (χ4v) is 3.88. The van der Waals surface area contributed by atoms with Gasteiger partial charge in [0.05, 0.1) is 17.4 Å². The van der Waals surface area contributed by atoms with Crippen molar-refractivity contribution >= 4 is 28.0 Å². The van der Waals surface area contributed by atoms with Crippen molar-refractivity contribution in [3.63, 3.8) is 0 Å². The first kappa shape index (κ1) is 17.4. The van der Waals surface area contributed by atoms with E-state index in [1.807, 2.05) is 50.2 Å². The zero-order valence-corrected chi connectivity index (χ0v) is 16.0. The number of nitrogens with zero attached hydrogens (tertiary/aromatic N) is 3. The first-order valence-corrected chi connectivity index (χ1v) is 9.56. The molecule has 0 radical (unpaired) electrons. The van der Waals surface area contributed by atoms with Crippen LogP contribution in [0.2, 0.25) is 0 Å². The van der Waals surface area contributed by atoms with Gasteiger partial charge in [0.2, 0.25) is 11.7 Å². The molecule has 0 aliphatic rings. The highest BCUT2D eigenvalue weighted by Gasteiger charge is 2.17. The van der Waals surface area contributed by atoms with E-state index >= 15 is 0 Å². The number of rotatable bonds is 6. The number of aryl methyl sites for hydroxylation is 1. The van der Waals surface area contributed by atoms with Crippen LogP contribution < -0.4 is 4.74 Å². The molecule has 0 bridgehead atoms. The lowest BCUT2D eigenvalue weighted by Gasteiger charge is -2.09. The molecule has 0 N–H and O–H groups in total. The first-order chi connectivity index (χ1) is 13.1. The molecule has 0 saturated carbocycles. The summed E-state index contributed by atoms with van der Waals surface area (Å²) >= 11 is 1.72. The molecule has 6 heteroatoms. The lowest BCUT2D eigenvalue weighted by molar-refractivity contribution is 0.0918. The molecular weight excluding hydrogens is 358 g/mol. The number of fused-ring (bicyclic) bond motifs is 1. The maximum atomic E-state index is 12.8. The van der Waals surface area contributed by atoms with Crippen LogP contribution in [-0.2, 0) is 6.54 Å². The quantitative estimate of drug-likeness (QED) is 0.467. The second-order valence-electron chi connectivity index (χ2n) is 6.36. The number of aromatic nitrogens is 3. The average molecular weight is 377 g/mol. The molecule has 0 fully saturated rings. The van der Waals surface area contributed by atoms with E-state index in [1.165, 1.54) is 11.2 Å². The van der Waals surface area contributed by atoms with Gasteiger partial charge in [-0.25, -0.2) is 9.97 Å². The Morgan fingerprint density at radius 2 is 2.00 bits per heavy atom. The van der Waals surface area contributed by atoms with Crippen LogP contribution >= 0.6 is 11.3 Å². The third kappa shape index (κ3) is 3.48. The summed E-state index contributed by atoms with van der Waals surface area (Å²) in [6.07, 6.45) is 1.45. The third-order valence-electron chi connectivity index (χ3n) is 4.61. The molecule has 0 aliphatic heterocycles. The molecular formula is C21H19N3O2S. The minimum absolute atomic E-state index is 0.0513. The summed E-state index contributed by atoms with van der Waals surface area (Å²) in [6.45, 7) is 4.73. The van der Waals surface area contributed by atoms with Gasteiger partial charge in [0.25, 0.3) is 0 Å². The van der Waals surface area contributed by atoms with Gasteiger partial charge in [0, 0.05) is 21.8 Å². The number of para-hydroxylation sites is 1. The van der Waals surface area contributed by atoms with Crippen molar-refractivity contribution in [1.82, 2.24) is 14.5 Å². The van der Waals surface area contributed by atoms with E-state index in [0.29, 0.717) is 11.4 Å². The fourth-order valence-electron chi connectivity index (χ4n) is 3.19. The average Bonchev–Trinajstić information content (AvgIpc) is 3.30. The van der Waals surface area contributed by atoms with Gasteiger partial charge in [-0.05, 0) is 43.5 Å². The van der Waals surface area contributed by atoms with Crippen molar-refractivity contribution in [3.05, 3.63) is 76.0 Å². The Morgan fingerprint density at radius 3 is 2.81 bits per heavy atom. The molecule has 0 saturated heterocycles. The molecule has 3 heterocycles. The summed E-state index contributed by atoms with van der Waals surface area (Å²) in [5, 5.41) is 2.87. The van der Waals surface area contributed by atoms with E-state index in [1.54, 1.807) is 11.3 Å². The monoisotopic (exact) mass is 377 g/mol. The van der Waals surface area contributed by atoms with Crippen LogP contribution in [0.4, 0.5) is 0 Å². The van der Waals surface area contributed by atoms with Crippen LogP contribution in [0.1, 0.15) is 26.6 Å². The molecule has 1 aromatic carbocycles. The van der Waals surface area contributed by atoms with E-state index in [-0.39, 0.29) is 12.4 Å². The molecule has 27 heavy (non-hydrogen) atoms. The van der Waals surface area contributed by atoms with Gasteiger partial charge in [-0.3, -0.25) is 4.79 Å². The van der Waals surface area contributed by atoms with Crippen molar-refractivity contribution in [2.24, 2.45) is 0 Å². The summed E-state index contributed by atoms with van der Waals surface area (Å²) in [4.78, 5) is 22.4. The highest BCUT2D eigenvalue weighted by Crippen LogP contribution is 2.22. The molecule has 0 amide bonds. The summed E-state index contributed by atoms with van der Waals surface area (Å²) in [5.41, 5.74) is 3.52. The lowest BCUT2D eigenvalue weighted by atomic mass is 10.1. The predicted octanol–water partition coefficient (Wildman–Crippen LogP) is 4.42. The minimum Gasteiger partial charge on any atom is -0.469 e. The SMILES string of the molecule is Cc1cc(C(=O)COc2ncnc3ccccc23)c(C)n1Cc1cccs1. The predicted molar refractivity (Wildman–Crippen MR) is 107 cm³/mol. The second-order valence-corrected chi connectivity index (χ2v) is 7.39. The largest absolute Gasteiger partial charge is 0.469 e. The maximum Gasteiger partial charge on any atom is 0.224 e. The number of carbonyl (C=O) groups is 1. The third-order valence-corrected chi connectivity index (χ3v) is 5.48. The fraction of sp³-hybridized carbons (Fsp3) is 0.190. The zero-order valence-electron chi connectivity index (χ0n) is 15.2. The topological polar surface area (TPSA) is 57.0 Å². The Labute approximate surface area is 161 Å². The van der Waals surface area contributed by atoms with Crippen LogP contribution in [-0.4, -0.2) is 26.9 Å². The van der Waals surface area contributed by atoms with Crippen LogP contribution in [0.15, 0.2) is 54.2 Å². The number of hydrogen-bond donors (Lipinski definition) is 0. The van der Waals surface area contributed by atoms with Gasteiger partial charge in [0.1, 0.15) is 6.33 Å². The van der Waals surface area contributed by atoms with Gasteiger partial charge in [-0.1, -0.05) is 18.2 Å². The zero-order chi connectivity index (χ0) is 18.8. The summed E-state index contributed by atoms with van der Waals surface area (Å²) < 4.78 is 7.90. The molecule has 4 aromatic rings. The van der Waals surface area contributed by atoms with Crippen LogP contribution in [0.3, 0.4) is 0 Å². The van der Waals surface area contributed by atoms with Crippen molar-refractivity contribution in [3.8, 4) is 5.88 Å². The minimum atomic E-state index is -0.0526. The molecule has 0 atom stereocenters. The van der Waals surface area contributed by atoms with E-state index in [9.17, 15) is 4.79 Å². The van der Waals surface area contributed by atoms with Crippen LogP contribution in [0, 0.1) is 13.8 Å². The molecule has 136 valence electrons. The molecule has 4 rings (SSSR count). The van der Waals surface area contributed by atoms with E-state index in [2.05, 4.69) is 26.0 Å². The molecule has 0 aliphatic carbocycles. The Hall–Kier alpha value is -2.99. The van der Waals surface area contributed by atoms with Crippen molar-refractivity contribution < 1.29 is 9.53 Å². The van der Waals surface area contributed by atoms with E-state index in [4.69, 9.17) is 4.74 Å². The number of hydrogen-bond acceptors (Lipinski definition) is 5. The summed E-state index contributed by atoms with van der Waals surface area (Å²) in [6, 6.07) is 13.7. The number of carbonyl (C=O) groups excluding carboxylic acids is 1. The van der Waals surface area contributed by atoms with Crippen LogP contribution in [0.5, 0.6) is 5.88 Å². The maximum absolute atomic E-state index is 12.8. The Bertz CT molecular complexity index is 1090. The van der Waals surface area contributed by atoms with E-state index < -0.39 is 0 Å². The van der Waals surface area contributed by atoms with Gasteiger partial charge in [-0.15, -0.1) is 11.3 Å². The van der Waals surface area contributed by atoms with Crippen molar-refractivity contribution in [2.75, 3.05) is 6.61 Å². The molecule has 0 unspecified atom stereocenters. The van der Waals surface area contributed by atoms with Crippen molar-refractivity contribution in [2.45, 2.75) is 20.4 Å². The summed E-state index contributed by atoms with van der Waals surface area (Å²) in [7, 11) is 0. The Kier molecular flexibility index (Phi) is 4.73. The molecule has 5 nitrogen and oxygen atoms in total. The second kappa shape index (κ2) is 7.32. The Morgan fingerprint density at radius 1 is 1.15 bits per heavy atom. The molecule has 3 aromatic heterocycles. The van der Waals surface area contributed by atoms with Gasteiger partial charge < -0.3 is 9.30 Å². The van der Waals surface area contributed by atoms with Gasteiger partial charge >= 0.3 is 0 Å². The highest BCUT2D eigenvalue weighted by molar-refractivity contribution is 7.09. The van der Waals surface area contributed by atoms with Gasteiger partial charge in [-0.2, -0.15) is 0 Å². The normalized spacial score (nSPS) is 11.0. The number of benzene rings is 1. The molecule has 0 spiro atoms. The van der Waals surface area contributed by atoms with Crippen LogP contribution in [0.25, 0.3) is 10.9 Å². The Balaban J connectivity index is 1.53. The van der Waals surface area contributed by atoms with Gasteiger partial charge in [0.15, 0.2) is 6.61 Å². The van der Waals surface area contributed by atoms with E-state index in [0.717, 1.165) is 28.8 Å². The smallest absolute Gasteiger partial charge is 0.224 e. The number of ether oxygens (including phenoxy) is 1. The number of ketones is 1.